The fourth-order valence-electron chi connectivity index (χ4n) is 10.0. The van der Waals surface area contributed by atoms with Crippen molar-refractivity contribution in [2.24, 2.45) is 40.9 Å². The third-order valence-electron chi connectivity index (χ3n) is 12.2. The average molecular weight is 611 g/mol. The third-order valence-corrected chi connectivity index (χ3v) is 12.2. The minimum Gasteiger partial charge on any atom is -0.508 e. The molecule has 5 nitrogen and oxygen atoms in total. The lowest BCUT2D eigenvalue weighted by Gasteiger charge is -2.56. The van der Waals surface area contributed by atoms with Crippen LogP contribution >= 0.6 is 0 Å². The number of benzene rings is 1. The third kappa shape index (κ3) is 5.22. The summed E-state index contributed by atoms with van der Waals surface area (Å²) in [7, 11) is 0. The van der Waals surface area contributed by atoms with Crippen LogP contribution in [0.4, 0.5) is 0 Å². The van der Waals surface area contributed by atoms with Gasteiger partial charge < -0.3 is 14.6 Å². The molecule has 1 saturated heterocycles. The highest BCUT2D eigenvalue weighted by Gasteiger charge is 2.68. The number of rotatable bonds is 9. The van der Waals surface area contributed by atoms with Crippen molar-refractivity contribution in [2.45, 2.75) is 111 Å². The Bertz CT molecular complexity index is 1480. The van der Waals surface area contributed by atoms with E-state index in [0.29, 0.717) is 11.8 Å². The molecule has 1 N–H and O–H groups in total. The minimum absolute atomic E-state index is 0.129. The van der Waals surface area contributed by atoms with Gasteiger partial charge in [0, 0.05) is 17.1 Å². The number of hydrogen-bond donors (Lipinski definition) is 1. The van der Waals surface area contributed by atoms with Crippen molar-refractivity contribution < 1.29 is 24.2 Å². The van der Waals surface area contributed by atoms with Crippen LogP contribution in [0.25, 0.3) is 5.57 Å². The fourth-order valence-corrected chi connectivity index (χ4v) is 10.0. The molecule has 0 amide bonds. The molecule has 1 aromatic carbocycles. The number of esters is 2. The molecule has 2 aliphatic heterocycles. The number of allylic oxidation sites excluding steroid dienone is 5. The zero-order valence-corrected chi connectivity index (χ0v) is 27.4. The summed E-state index contributed by atoms with van der Waals surface area (Å²) in [4.78, 5) is 28.0. The van der Waals surface area contributed by atoms with Gasteiger partial charge in [0.25, 0.3) is 0 Å². The first-order chi connectivity index (χ1) is 21.8. The maximum atomic E-state index is 14.1. The van der Waals surface area contributed by atoms with Crippen molar-refractivity contribution >= 4 is 17.5 Å². The number of ether oxygens (including phenoxy) is 2. The molecule has 3 fully saturated rings. The fraction of sp³-hybridized carbons (Fsp3) is 0.600. The Hall–Kier alpha value is -3.08. The molecule has 2 saturated carbocycles. The van der Waals surface area contributed by atoms with Gasteiger partial charge >= 0.3 is 11.9 Å². The molecule has 5 atom stereocenters. The molecule has 0 aromatic heterocycles. The second-order valence-corrected chi connectivity index (χ2v) is 15.1. The van der Waals surface area contributed by atoms with Crippen LogP contribution in [0.3, 0.4) is 0 Å². The molecule has 45 heavy (non-hydrogen) atoms. The Morgan fingerprint density at radius 3 is 2.58 bits per heavy atom. The second-order valence-electron chi connectivity index (χ2n) is 15.1. The molecular formula is C40H50O5. The summed E-state index contributed by atoms with van der Waals surface area (Å²) >= 11 is 0. The topological polar surface area (TPSA) is 72.8 Å². The van der Waals surface area contributed by atoms with Crippen LogP contribution in [0.2, 0.25) is 0 Å². The molecule has 7 aliphatic rings. The van der Waals surface area contributed by atoms with E-state index in [1.165, 1.54) is 32.1 Å². The van der Waals surface area contributed by atoms with Crippen molar-refractivity contribution in [1.29, 1.82) is 0 Å². The van der Waals surface area contributed by atoms with Crippen molar-refractivity contribution in [3.8, 4) is 5.75 Å². The minimum atomic E-state index is -0.680. The summed E-state index contributed by atoms with van der Waals surface area (Å²) in [6.07, 6.45) is 19.9. The number of phenolic OH excluding ortho intramolecular Hbond substituents is 1. The average Bonchev–Trinajstić information content (AvgIpc) is 3.52. The highest BCUT2D eigenvalue weighted by atomic mass is 16.5. The van der Waals surface area contributed by atoms with Gasteiger partial charge in [0.05, 0.1) is 11.0 Å². The molecule has 240 valence electrons. The van der Waals surface area contributed by atoms with E-state index >= 15 is 0 Å². The Kier molecular flexibility index (Phi) is 8.33. The van der Waals surface area contributed by atoms with E-state index < -0.39 is 5.41 Å². The van der Waals surface area contributed by atoms with Crippen LogP contribution < -0.4 is 0 Å². The van der Waals surface area contributed by atoms with Crippen molar-refractivity contribution in [2.75, 3.05) is 0 Å². The number of hydrogen-bond acceptors (Lipinski definition) is 5. The number of cyclic esters (lactones) is 2. The smallest absolute Gasteiger partial charge is 0.340 e. The van der Waals surface area contributed by atoms with Crippen LogP contribution in [0.1, 0.15) is 116 Å². The quantitative estimate of drug-likeness (QED) is 0.282. The number of aromatic hydroxyl groups is 1. The highest BCUT2D eigenvalue weighted by Crippen LogP contribution is 2.71. The van der Waals surface area contributed by atoms with Gasteiger partial charge in [0.15, 0.2) is 0 Å². The van der Waals surface area contributed by atoms with Crippen molar-refractivity contribution in [3.05, 3.63) is 70.2 Å². The molecule has 5 unspecified atom stereocenters. The number of phenols is 1. The maximum Gasteiger partial charge on any atom is 0.340 e. The van der Waals surface area contributed by atoms with E-state index in [9.17, 15) is 14.7 Å². The molecule has 8 rings (SSSR count). The first-order valence-corrected chi connectivity index (χ1v) is 18.0. The lowest BCUT2D eigenvalue weighted by molar-refractivity contribution is -0.135. The van der Waals surface area contributed by atoms with E-state index in [1.54, 1.807) is 12.1 Å². The largest absolute Gasteiger partial charge is 0.508 e. The second kappa shape index (κ2) is 12.3. The van der Waals surface area contributed by atoms with Gasteiger partial charge in [-0.15, -0.1) is 0 Å². The molecule has 5 heteroatoms. The first-order valence-electron chi connectivity index (χ1n) is 18.0. The number of carbonyl (C=O) groups is 2. The number of fused-ring (bicyclic) bond motifs is 1. The molecule has 5 aliphatic carbocycles. The van der Waals surface area contributed by atoms with Gasteiger partial charge in [-0.1, -0.05) is 71.4 Å². The van der Waals surface area contributed by atoms with Crippen LogP contribution in [0.5, 0.6) is 5.75 Å². The zero-order chi connectivity index (χ0) is 31.3. The van der Waals surface area contributed by atoms with E-state index in [2.05, 4.69) is 32.9 Å². The van der Waals surface area contributed by atoms with Gasteiger partial charge in [-0.05, 0) is 116 Å². The van der Waals surface area contributed by atoms with Crippen LogP contribution in [-0.2, 0) is 19.1 Å². The molecular weight excluding hydrogens is 560 g/mol. The SMILES string of the molecule is CCC(C=C1OC(=O)C2=C(c3cccc(O)c3)C3CCC12C1C2=C(CCC31)C(=CCCC1CCCCC1)OC2=O)CCC(C)C. The Morgan fingerprint density at radius 1 is 1.00 bits per heavy atom. The molecule has 1 aromatic rings. The van der Waals surface area contributed by atoms with E-state index in [1.807, 2.05) is 12.1 Å². The van der Waals surface area contributed by atoms with Crippen molar-refractivity contribution in [3.63, 3.8) is 0 Å². The van der Waals surface area contributed by atoms with E-state index in [0.717, 1.165) is 103 Å². The Morgan fingerprint density at radius 2 is 1.82 bits per heavy atom. The molecule has 0 radical (unpaired) electrons. The zero-order valence-electron chi connectivity index (χ0n) is 27.4. The predicted octanol–water partition coefficient (Wildman–Crippen LogP) is 9.58. The summed E-state index contributed by atoms with van der Waals surface area (Å²) in [6.45, 7) is 6.73. The van der Waals surface area contributed by atoms with Gasteiger partial charge in [-0.2, -0.15) is 0 Å². The predicted molar refractivity (Wildman–Crippen MR) is 175 cm³/mol. The van der Waals surface area contributed by atoms with Gasteiger partial charge in [0.1, 0.15) is 17.3 Å². The summed E-state index contributed by atoms with van der Waals surface area (Å²) in [5.41, 5.74) is 3.87. The van der Waals surface area contributed by atoms with Gasteiger partial charge in [0.2, 0.25) is 0 Å². The van der Waals surface area contributed by atoms with Gasteiger partial charge in [-0.3, -0.25) is 0 Å². The summed E-state index contributed by atoms with van der Waals surface area (Å²) in [5.74, 6) is 3.15. The first kappa shape index (κ1) is 30.6. The number of carbonyl (C=O) groups excluding carboxylic acids is 2. The normalized spacial score (nSPS) is 31.9. The lowest BCUT2D eigenvalue weighted by atomic mass is 9.44. The monoisotopic (exact) mass is 610 g/mol. The van der Waals surface area contributed by atoms with Crippen LogP contribution in [-0.4, -0.2) is 17.0 Å². The van der Waals surface area contributed by atoms with Gasteiger partial charge in [-0.25, -0.2) is 9.59 Å². The lowest BCUT2D eigenvalue weighted by Crippen LogP contribution is -2.52. The Labute approximate surface area is 268 Å². The van der Waals surface area contributed by atoms with Crippen molar-refractivity contribution in [1.82, 2.24) is 0 Å². The molecule has 2 heterocycles. The Balaban J connectivity index is 1.33. The maximum absolute atomic E-state index is 14.1. The van der Waals surface area contributed by atoms with Crippen LogP contribution in [0.15, 0.2) is 64.7 Å². The van der Waals surface area contributed by atoms with Crippen LogP contribution in [0, 0.1) is 40.9 Å². The summed E-state index contributed by atoms with van der Waals surface area (Å²) < 4.78 is 12.5. The molecule has 1 spiro atoms. The summed E-state index contributed by atoms with van der Waals surface area (Å²) in [5, 5.41) is 10.5. The standard InChI is InChI=1S/C40H50O5/c1-4-25(17-16-24(2)3)22-33-40-21-20-29(34(37(40)39(43)45-33)27-13-9-14-28(41)23-27)30-18-19-31-32(44-38(42)35(31)36(30)40)15-8-12-26-10-6-5-7-11-26/h9,13-15,22-26,29-30,36,41H,4-8,10-12,16-21H2,1-3H3. The highest BCUT2D eigenvalue weighted by molar-refractivity contribution is 6.06. The summed E-state index contributed by atoms with van der Waals surface area (Å²) in [6, 6.07) is 7.35. The van der Waals surface area contributed by atoms with E-state index in [-0.39, 0.29) is 35.4 Å². The van der Waals surface area contributed by atoms with E-state index in [4.69, 9.17) is 9.47 Å². The molecule has 2 bridgehead atoms.